The van der Waals surface area contributed by atoms with Crippen LogP contribution in [0.2, 0.25) is 5.02 Å². The van der Waals surface area contributed by atoms with E-state index < -0.39 is 18.6 Å². The predicted molar refractivity (Wildman–Crippen MR) is 59.9 cm³/mol. The van der Waals surface area contributed by atoms with Crippen LogP contribution in [0.15, 0.2) is 18.2 Å². The fraction of sp³-hybridized carbons (Fsp3) is 0.364. The first-order chi connectivity index (χ1) is 7.81. The lowest BCUT2D eigenvalue weighted by atomic mass is 10.2. The first-order valence-electron chi connectivity index (χ1n) is 4.85. The maximum Gasteiger partial charge on any atom is 0.391 e. The van der Waals surface area contributed by atoms with Crippen molar-refractivity contribution in [2.24, 2.45) is 0 Å². The molecule has 0 amide bonds. The molecule has 0 aliphatic heterocycles. The summed E-state index contributed by atoms with van der Waals surface area (Å²) in [6.45, 7) is 1.42. The van der Waals surface area contributed by atoms with Gasteiger partial charge in [-0.1, -0.05) is 11.6 Å². The maximum absolute atomic E-state index is 12.1. The predicted octanol–water partition coefficient (Wildman–Crippen LogP) is 3.96. The smallest absolute Gasteiger partial charge is 0.381 e. The van der Waals surface area contributed by atoms with Gasteiger partial charge in [0.15, 0.2) is 0 Å². The number of nitrogens with one attached hydrogen (secondary N) is 1. The summed E-state index contributed by atoms with van der Waals surface area (Å²) >= 11 is 5.83. The Hall–Kier alpha value is -1.41. The van der Waals surface area contributed by atoms with Gasteiger partial charge in [0.1, 0.15) is 0 Å². The molecule has 0 saturated carbocycles. The van der Waals surface area contributed by atoms with Crippen LogP contribution in [0, 0.1) is 11.3 Å². The lowest BCUT2D eigenvalue weighted by molar-refractivity contribution is -0.136. The van der Waals surface area contributed by atoms with Crippen LogP contribution < -0.4 is 5.32 Å². The zero-order chi connectivity index (χ0) is 13.1. The summed E-state index contributed by atoms with van der Waals surface area (Å²) in [7, 11) is 0. The van der Waals surface area contributed by atoms with Crippen molar-refractivity contribution in [1.82, 2.24) is 0 Å². The number of nitriles is 1. The molecule has 6 heteroatoms. The van der Waals surface area contributed by atoms with Gasteiger partial charge in [-0.05, 0) is 25.1 Å². The Balaban J connectivity index is 2.73. The van der Waals surface area contributed by atoms with E-state index >= 15 is 0 Å². The second kappa shape index (κ2) is 5.28. The van der Waals surface area contributed by atoms with Crippen LogP contribution in [0.3, 0.4) is 0 Å². The number of anilines is 1. The van der Waals surface area contributed by atoms with Crippen molar-refractivity contribution in [1.29, 1.82) is 5.26 Å². The Kier molecular flexibility index (Phi) is 4.24. The largest absolute Gasteiger partial charge is 0.391 e. The number of nitrogens with zero attached hydrogens (tertiary/aromatic N) is 1. The highest BCUT2D eigenvalue weighted by Crippen LogP contribution is 2.27. The van der Waals surface area contributed by atoms with Gasteiger partial charge >= 0.3 is 6.18 Å². The molecule has 17 heavy (non-hydrogen) atoms. The van der Waals surface area contributed by atoms with Gasteiger partial charge in [-0.2, -0.15) is 18.4 Å². The number of rotatable bonds is 3. The fourth-order valence-corrected chi connectivity index (χ4v) is 1.60. The van der Waals surface area contributed by atoms with Crippen molar-refractivity contribution in [2.45, 2.75) is 25.6 Å². The molecule has 0 radical (unpaired) electrons. The summed E-state index contributed by atoms with van der Waals surface area (Å²) in [5.41, 5.74) is 0.756. The number of hydrogen-bond donors (Lipinski definition) is 1. The van der Waals surface area contributed by atoms with Crippen LogP contribution in [0.4, 0.5) is 18.9 Å². The lowest BCUT2D eigenvalue weighted by Gasteiger charge is -2.17. The van der Waals surface area contributed by atoms with E-state index in [-0.39, 0.29) is 5.02 Å². The monoisotopic (exact) mass is 262 g/mol. The van der Waals surface area contributed by atoms with Crippen LogP contribution in [-0.2, 0) is 0 Å². The molecule has 0 spiro atoms. The van der Waals surface area contributed by atoms with E-state index in [1.807, 2.05) is 6.07 Å². The topological polar surface area (TPSA) is 35.8 Å². The van der Waals surface area contributed by atoms with E-state index in [1.165, 1.54) is 25.1 Å². The molecule has 0 saturated heterocycles. The minimum atomic E-state index is -4.22. The zero-order valence-electron chi connectivity index (χ0n) is 8.98. The molecular formula is C11H10ClF3N2. The summed E-state index contributed by atoms with van der Waals surface area (Å²) in [4.78, 5) is 0. The molecule has 2 nitrogen and oxygen atoms in total. The van der Waals surface area contributed by atoms with E-state index in [4.69, 9.17) is 16.9 Å². The third kappa shape index (κ3) is 4.53. The van der Waals surface area contributed by atoms with E-state index in [9.17, 15) is 13.2 Å². The Bertz CT molecular complexity index is 437. The Morgan fingerprint density at radius 2 is 2.12 bits per heavy atom. The summed E-state index contributed by atoms with van der Waals surface area (Å²) < 4.78 is 36.3. The maximum atomic E-state index is 12.1. The molecule has 0 aromatic heterocycles. The minimum absolute atomic E-state index is 0.234. The van der Waals surface area contributed by atoms with Crippen molar-refractivity contribution < 1.29 is 13.2 Å². The van der Waals surface area contributed by atoms with Gasteiger partial charge < -0.3 is 5.32 Å². The second-order valence-electron chi connectivity index (χ2n) is 3.67. The van der Waals surface area contributed by atoms with Gasteiger partial charge in [-0.25, -0.2) is 0 Å². The van der Waals surface area contributed by atoms with Gasteiger partial charge in [-0.15, -0.1) is 0 Å². The second-order valence-corrected chi connectivity index (χ2v) is 4.08. The van der Waals surface area contributed by atoms with Crippen molar-refractivity contribution >= 4 is 17.3 Å². The summed E-state index contributed by atoms with van der Waals surface area (Å²) in [6.07, 6.45) is -5.16. The summed E-state index contributed by atoms with van der Waals surface area (Å²) in [6, 6.07) is 5.51. The molecule has 1 rings (SSSR count). The molecule has 1 aromatic carbocycles. The minimum Gasteiger partial charge on any atom is -0.381 e. The van der Waals surface area contributed by atoms with Crippen LogP contribution in [-0.4, -0.2) is 12.2 Å². The summed E-state index contributed by atoms with van der Waals surface area (Å²) in [5.74, 6) is 0. The van der Waals surface area contributed by atoms with Crippen molar-refractivity contribution in [3.05, 3.63) is 28.8 Å². The van der Waals surface area contributed by atoms with E-state index in [0.717, 1.165) is 0 Å². The number of alkyl halides is 3. The van der Waals surface area contributed by atoms with Gasteiger partial charge in [0.2, 0.25) is 0 Å². The zero-order valence-corrected chi connectivity index (χ0v) is 9.73. The highest BCUT2D eigenvalue weighted by atomic mass is 35.5. The number of hydrogen-bond acceptors (Lipinski definition) is 2. The van der Waals surface area contributed by atoms with Crippen LogP contribution in [0.5, 0.6) is 0 Å². The van der Waals surface area contributed by atoms with E-state index in [0.29, 0.717) is 11.3 Å². The van der Waals surface area contributed by atoms with Gasteiger partial charge in [0.25, 0.3) is 0 Å². The Morgan fingerprint density at radius 3 is 2.59 bits per heavy atom. The molecule has 1 unspecified atom stereocenters. The van der Waals surface area contributed by atoms with Crippen LogP contribution in [0.25, 0.3) is 0 Å². The highest BCUT2D eigenvalue weighted by molar-refractivity contribution is 6.33. The van der Waals surface area contributed by atoms with E-state index in [2.05, 4.69) is 5.32 Å². The average Bonchev–Trinajstić information content (AvgIpc) is 2.18. The van der Waals surface area contributed by atoms with Crippen LogP contribution in [0.1, 0.15) is 18.9 Å². The molecule has 1 atom stereocenters. The molecule has 1 aromatic rings. The average molecular weight is 263 g/mol. The fourth-order valence-electron chi connectivity index (χ4n) is 1.37. The Labute approximate surface area is 102 Å². The molecule has 0 heterocycles. The lowest BCUT2D eigenvalue weighted by Crippen LogP contribution is -2.23. The number of halogens is 4. The van der Waals surface area contributed by atoms with Gasteiger partial charge in [0, 0.05) is 6.04 Å². The first kappa shape index (κ1) is 13.7. The van der Waals surface area contributed by atoms with Crippen molar-refractivity contribution in [2.75, 3.05) is 5.32 Å². The van der Waals surface area contributed by atoms with Crippen molar-refractivity contribution in [3.63, 3.8) is 0 Å². The SMILES string of the molecule is CC(CC(F)(F)F)Nc1ccc(C#N)cc1Cl. The summed E-state index contributed by atoms with van der Waals surface area (Å²) in [5, 5.41) is 11.5. The first-order valence-corrected chi connectivity index (χ1v) is 5.22. The normalized spacial score (nSPS) is 12.9. The molecule has 0 bridgehead atoms. The molecular weight excluding hydrogens is 253 g/mol. The molecule has 1 N–H and O–H groups in total. The highest BCUT2D eigenvalue weighted by Gasteiger charge is 2.30. The van der Waals surface area contributed by atoms with E-state index in [1.54, 1.807) is 0 Å². The molecule has 0 aliphatic carbocycles. The molecule has 0 aliphatic rings. The molecule has 0 fully saturated rings. The molecule has 92 valence electrons. The third-order valence-electron chi connectivity index (χ3n) is 2.04. The van der Waals surface area contributed by atoms with Crippen LogP contribution >= 0.6 is 11.6 Å². The quantitative estimate of drug-likeness (QED) is 0.895. The van der Waals surface area contributed by atoms with Gasteiger partial charge in [-0.3, -0.25) is 0 Å². The third-order valence-corrected chi connectivity index (χ3v) is 2.35. The van der Waals surface area contributed by atoms with Gasteiger partial charge in [0.05, 0.1) is 28.8 Å². The van der Waals surface area contributed by atoms with Crippen molar-refractivity contribution in [3.8, 4) is 6.07 Å². The number of benzene rings is 1. The Morgan fingerprint density at radius 1 is 1.47 bits per heavy atom. The standard InChI is InChI=1S/C11H10ClF3N2/c1-7(5-11(13,14)15)17-10-3-2-8(6-16)4-9(10)12/h2-4,7,17H,5H2,1H3.